The van der Waals surface area contributed by atoms with Gasteiger partial charge in [-0.3, -0.25) is 9.59 Å². The topological polar surface area (TPSA) is 98.2 Å². The highest BCUT2D eigenvalue weighted by molar-refractivity contribution is 6.39. The fraction of sp³-hybridized carbons (Fsp3) is 0.160. The van der Waals surface area contributed by atoms with Gasteiger partial charge in [0.1, 0.15) is 18.2 Å². The van der Waals surface area contributed by atoms with Crippen LogP contribution < -0.4 is 25.0 Å². The molecular weight excluding hydrogens is 441 g/mol. The van der Waals surface area contributed by atoms with E-state index in [2.05, 4.69) is 15.8 Å². The summed E-state index contributed by atoms with van der Waals surface area (Å²) in [7, 11) is 1.47. The normalized spacial score (nSPS) is 10.6. The summed E-state index contributed by atoms with van der Waals surface area (Å²) in [5.41, 5.74) is 3.62. The van der Waals surface area contributed by atoms with Crippen molar-refractivity contribution in [2.24, 2.45) is 5.10 Å². The van der Waals surface area contributed by atoms with Gasteiger partial charge in [0.2, 0.25) is 0 Å². The molecule has 0 aliphatic carbocycles. The van der Waals surface area contributed by atoms with Crippen LogP contribution in [0.4, 0.5) is 10.1 Å². The Hall–Kier alpha value is -4.40. The van der Waals surface area contributed by atoms with Gasteiger partial charge in [-0.1, -0.05) is 18.2 Å². The summed E-state index contributed by atoms with van der Waals surface area (Å²) in [6.07, 6.45) is 1.35. The third-order valence-corrected chi connectivity index (χ3v) is 4.54. The lowest BCUT2D eigenvalue weighted by molar-refractivity contribution is -0.136. The van der Waals surface area contributed by atoms with E-state index in [1.54, 1.807) is 60.7 Å². The summed E-state index contributed by atoms with van der Waals surface area (Å²) in [6, 6.07) is 17.9. The van der Waals surface area contributed by atoms with Crippen molar-refractivity contribution in [3.63, 3.8) is 0 Å². The molecule has 0 heterocycles. The van der Waals surface area contributed by atoms with E-state index in [1.165, 1.54) is 19.4 Å². The molecule has 0 bridgehead atoms. The van der Waals surface area contributed by atoms with Gasteiger partial charge < -0.3 is 19.5 Å². The molecule has 0 unspecified atom stereocenters. The second-order valence-electron chi connectivity index (χ2n) is 6.90. The van der Waals surface area contributed by atoms with Crippen molar-refractivity contribution in [1.29, 1.82) is 0 Å². The molecule has 176 valence electrons. The predicted molar refractivity (Wildman–Crippen MR) is 126 cm³/mol. The van der Waals surface area contributed by atoms with E-state index in [0.29, 0.717) is 40.7 Å². The van der Waals surface area contributed by atoms with Crippen molar-refractivity contribution < 1.29 is 28.2 Å². The van der Waals surface area contributed by atoms with Crippen LogP contribution in [0.2, 0.25) is 0 Å². The van der Waals surface area contributed by atoms with Gasteiger partial charge in [0.15, 0.2) is 11.5 Å². The van der Waals surface area contributed by atoms with Gasteiger partial charge in [0, 0.05) is 11.3 Å². The van der Waals surface area contributed by atoms with Gasteiger partial charge in [0.25, 0.3) is 0 Å². The third kappa shape index (κ3) is 6.80. The summed E-state index contributed by atoms with van der Waals surface area (Å²) in [5.74, 6) is -0.666. The molecule has 0 aliphatic rings. The Morgan fingerprint density at radius 2 is 1.74 bits per heavy atom. The van der Waals surface area contributed by atoms with Crippen LogP contribution in [0.5, 0.6) is 17.2 Å². The number of hydrogen-bond acceptors (Lipinski definition) is 6. The molecule has 0 saturated heterocycles. The highest BCUT2D eigenvalue weighted by Gasteiger charge is 2.13. The van der Waals surface area contributed by atoms with Crippen LogP contribution in [-0.2, 0) is 16.2 Å². The SMILES string of the molecule is CCOc1ccc(NC(=O)C(=O)NN=Cc2ccc(OCc3ccccc3F)c(OC)c2)cc1. The Morgan fingerprint density at radius 3 is 2.44 bits per heavy atom. The van der Waals surface area contributed by atoms with E-state index in [0.717, 1.165) is 0 Å². The van der Waals surface area contributed by atoms with E-state index in [9.17, 15) is 14.0 Å². The second kappa shape index (κ2) is 12.0. The minimum atomic E-state index is -0.929. The lowest BCUT2D eigenvalue weighted by Gasteiger charge is -2.11. The molecule has 3 rings (SSSR count). The standard InChI is InChI=1S/C25H24FN3O5/c1-3-33-20-11-9-19(10-12-20)28-24(30)25(31)29-27-15-17-8-13-22(23(14-17)32-2)34-16-18-6-4-5-7-21(18)26/h4-15H,3,16H2,1-2H3,(H,28,30)(H,29,31). The number of amides is 2. The average Bonchev–Trinajstić information content (AvgIpc) is 2.85. The maximum Gasteiger partial charge on any atom is 0.329 e. The summed E-state index contributed by atoms with van der Waals surface area (Å²) in [4.78, 5) is 24.0. The molecule has 0 aromatic heterocycles. The summed E-state index contributed by atoms with van der Waals surface area (Å²) < 4.78 is 30.1. The van der Waals surface area contributed by atoms with Gasteiger partial charge in [-0.05, 0) is 61.0 Å². The van der Waals surface area contributed by atoms with Crippen LogP contribution in [0.25, 0.3) is 0 Å². The fourth-order valence-electron chi connectivity index (χ4n) is 2.86. The van der Waals surface area contributed by atoms with E-state index in [4.69, 9.17) is 14.2 Å². The predicted octanol–water partition coefficient (Wildman–Crippen LogP) is 3.90. The van der Waals surface area contributed by atoms with Crippen molar-refractivity contribution in [2.45, 2.75) is 13.5 Å². The highest BCUT2D eigenvalue weighted by Crippen LogP contribution is 2.28. The van der Waals surface area contributed by atoms with E-state index >= 15 is 0 Å². The second-order valence-corrected chi connectivity index (χ2v) is 6.90. The van der Waals surface area contributed by atoms with Crippen molar-refractivity contribution in [3.05, 3.63) is 83.7 Å². The third-order valence-electron chi connectivity index (χ3n) is 4.54. The molecule has 3 aromatic rings. The van der Waals surface area contributed by atoms with Gasteiger partial charge in [-0.2, -0.15) is 5.10 Å². The molecule has 0 atom stereocenters. The molecule has 9 heteroatoms. The Morgan fingerprint density at radius 1 is 0.971 bits per heavy atom. The number of halogens is 1. The number of hydrogen-bond donors (Lipinski definition) is 2. The molecule has 0 fully saturated rings. The van der Waals surface area contributed by atoms with Gasteiger partial charge in [-0.15, -0.1) is 0 Å². The van der Waals surface area contributed by atoms with Gasteiger partial charge in [0.05, 0.1) is 19.9 Å². The summed E-state index contributed by atoms with van der Waals surface area (Å²) in [5, 5.41) is 6.27. The van der Waals surface area contributed by atoms with Crippen LogP contribution in [0.15, 0.2) is 71.8 Å². The molecule has 0 spiro atoms. The van der Waals surface area contributed by atoms with Crippen LogP contribution >= 0.6 is 0 Å². The highest BCUT2D eigenvalue weighted by atomic mass is 19.1. The minimum absolute atomic E-state index is 0.0377. The smallest absolute Gasteiger partial charge is 0.329 e. The fourth-order valence-corrected chi connectivity index (χ4v) is 2.86. The minimum Gasteiger partial charge on any atom is -0.494 e. The zero-order valence-electron chi connectivity index (χ0n) is 18.7. The quantitative estimate of drug-likeness (QED) is 0.284. The maximum atomic E-state index is 13.8. The Balaban J connectivity index is 1.54. The number of hydrazone groups is 1. The molecule has 8 nitrogen and oxygen atoms in total. The Kier molecular flexibility index (Phi) is 8.56. The van der Waals surface area contributed by atoms with Crippen LogP contribution in [0.1, 0.15) is 18.1 Å². The van der Waals surface area contributed by atoms with Crippen molar-refractivity contribution >= 4 is 23.7 Å². The number of methoxy groups -OCH3 is 1. The first-order valence-corrected chi connectivity index (χ1v) is 10.4. The first-order valence-electron chi connectivity index (χ1n) is 10.4. The largest absolute Gasteiger partial charge is 0.494 e. The van der Waals surface area contributed by atoms with Crippen LogP contribution in [-0.4, -0.2) is 31.7 Å². The van der Waals surface area contributed by atoms with E-state index in [1.807, 2.05) is 6.92 Å². The monoisotopic (exact) mass is 465 g/mol. The lowest BCUT2D eigenvalue weighted by atomic mass is 10.2. The maximum absolute atomic E-state index is 13.8. The zero-order chi connectivity index (χ0) is 24.3. The molecular formula is C25H24FN3O5. The molecule has 34 heavy (non-hydrogen) atoms. The zero-order valence-corrected chi connectivity index (χ0v) is 18.7. The number of anilines is 1. The van der Waals surface area contributed by atoms with E-state index < -0.39 is 11.8 Å². The number of nitrogens with zero attached hydrogens (tertiary/aromatic N) is 1. The van der Waals surface area contributed by atoms with Gasteiger partial charge in [-0.25, -0.2) is 9.82 Å². The number of ether oxygens (including phenoxy) is 3. The number of benzene rings is 3. The van der Waals surface area contributed by atoms with Gasteiger partial charge >= 0.3 is 11.8 Å². The molecule has 0 saturated carbocycles. The molecule has 2 N–H and O–H groups in total. The number of nitrogens with one attached hydrogen (secondary N) is 2. The van der Waals surface area contributed by atoms with E-state index in [-0.39, 0.29) is 12.4 Å². The van der Waals surface area contributed by atoms with Crippen molar-refractivity contribution in [1.82, 2.24) is 5.43 Å². The number of carbonyl (C=O) groups is 2. The summed E-state index contributed by atoms with van der Waals surface area (Å²) >= 11 is 0. The average molecular weight is 465 g/mol. The molecule has 2 amide bonds. The van der Waals surface area contributed by atoms with Crippen LogP contribution in [0.3, 0.4) is 0 Å². The Bertz CT molecular complexity index is 1170. The van der Waals surface area contributed by atoms with Crippen molar-refractivity contribution in [3.8, 4) is 17.2 Å². The first-order chi connectivity index (χ1) is 16.5. The first kappa shape index (κ1) is 24.2. The molecule has 0 radical (unpaired) electrons. The van der Waals surface area contributed by atoms with Crippen LogP contribution in [0, 0.1) is 5.82 Å². The summed E-state index contributed by atoms with van der Waals surface area (Å²) in [6.45, 7) is 2.43. The number of carbonyl (C=O) groups excluding carboxylic acids is 2. The lowest BCUT2D eigenvalue weighted by Crippen LogP contribution is -2.32. The molecule has 3 aromatic carbocycles. The Labute approximate surface area is 196 Å². The number of rotatable bonds is 9. The van der Waals surface area contributed by atoms with Crippen molar-refractivity contribution in [2.75, 3.05) is 19.0 Å². The molecule has 0 aliphatic heterocycles.